The molecule has 29 nitrogen and oxygen atoms in total. The van der Waals surface area contributed by atoms with E-state index < -0.39 is 0 Å². The average Bonchev–Trinajstić information content (AvgIpc) is 3.44. The van der Waals surface area contributed by atoms with E-state index in [1.165, 1.54) is 0 Å². The van der Waals surface area contributed by atoms with Gasteiger partial charge in [0.25, 0.3) is 0 Å². The summed E-state index contributed by atoms with van der Waals surface area (Å²) in [4.78, 5) is 40.5. The minimum absolute atomic E-state index is 0.0838. The van der Waals surface area contributed by atoms with E-state index in [1.807, 2.05) is 0 Å². The van der Waals surface area contributed by atoms with Crippen molar-refractivity contribution in [3.8, 4) is 0 Å². The van der Waals surface area contributed by atoms with Gasteiger partial charge in [0.2, 0.25) is 17.7 Å². The van der Waals surface area contributed by atoms with Crippen LogP contribution in [0, 0.1) is 0 Å². The first-order valence-corrected chi connectivity index (χ1v) is 27.2. The normalized spacial score (nSPS) is 11.3. The zero-order chi connectivity index (χ0) is 56.4. The maximum Gasteiger partial charge on any atom is 0.225 e. The summed E-state index contributed by atoms with van der Waals surface area (Å²) >= 11 is 0. The molecule has 0 bridgehead atoms. The summed E-state index contributed by atoms with van der Waals surface area (Å²) < 4.78 is 99.3. The Labute approximate surface area is 461 Å². The molecule has 0 spiro atoms. The lowest BCUT2D eigenvalue weighted by atomic mass is 10.3. The van der Waals surface area contributed by atoms with Gasteiger partial charge in [-0.3, -0.25) is 14.4 Å². The molecule has 3 amide bonds. The summed E-state index contributed by atoms with van der Waals surface area (Å²) in [6.45, 7) is 17.0. The first-order valence-electron chi connectivity index (χ1n) is 27.2. The molecule has 29 heteroatoms. The lowest BCUT2D eigenvalue weighted by Crippen LogP contribution is -2.37. The minimum atomic E-state index is -0.0851. The molecule has 460 valence electrons. The summed E-state index contributed by atoms with van der Waals surface area (Å²) in [5.74, 6) is -0.254. The van der Waals surface area contributed by atoms with Gasteiger partial charge in [0.1, 0.15) is 0 Å². The number of rotatable bonds is 67. The average molecular weight is 1140 g/mol. The highest BCUT2D eigenvalue weighted by Gasteiger charge is 2.14. The topological polar surface area (TPSA) is 345 Å². The molecule has 0 rings (SSSR count). The van der Waals surface area contributed by atoms with Crippen LogP contribution >= 0.6 is 0 Å². The number of carbonyl (C=O) groups excluding carboxylic acids is 3. The van der Waals surface area contributed by atoms with Crippen molar-refractivity contribution < 1.29 is 99.6 Å². The fraction of sp³-hybridized carbons (Fsp3) is 0.939. The minimum Gasteiger partial charge on any atom is -0.379 e. The Morgan fingerprint density at radius 1 is 0.333 bits per heavy atom. The van der Waals surface area contributed by atoms with Gasteiger partial charge in [-0.2, -0.15) is 0 Å². The van der Waals surface area contributed by atoms with Crippen molar-refractivity contribution >= 4 is 17.7 Å². The summed E-state index contributed by atoms with van der Waals surface area (Å²) in [6, 6.07) is 0. The second-order valence-electron chi connectivity index (χ2n) is 15.9. The highest BCUT2D eigenvalue weighted by molar-refractivity contribution is 5.76. The van der Waals surface area contributed by atoms with Crippen LogP contribution in [0.2, 0.25) is 0 Å². The number of hydrogen-bond acceptors (Lipinski definition) is 24. The van der Waals surface area contributed by atoms with Crippen molar-refractivity contribution in [3.05, 3.63) is 10.4 Å². The number of amides is 3. The fourth-order valence-corrected chi connectivity index (χ4v) is 5.71. The second-order valence-corrected chi connectivity index (χ2v) is 15.9. The van der Waals surface area contributed by atoms with Crippen LogP contribution in [0.15, 0.2) is 5.11 Å². The summed E-state index contributed by atoms with van der Waals surface area (Å²) in [6.07, 6.45) is 0.769. The van der Waals surface area contributed by atoms with E-state index in [-0.39, 0.29) is 43.6 Å². The Morgan fingerprint density at radius 2 is 0.551 bits per heavy atom. The van der Waals surface area contributed by atoms with Crippen LogP contribution in [0.5, 0.6) is 0 Å². The van der Waals surface area contributed by atoms with E-state index in [1.54, 1.807) is 4.90 Å². The number of azide groups is 1. The molecular weight excluding hydrogens is 1040 g/mol. The van der Waals surface area contributed by atoms with Crippen LogP contribution in [-0.4, -0.2) is 306 Å². The predicted molar refractivity (Wildman–Crippen MR) is 283 cm³/mol. The van der Waals surface area contributed by atoms with Gasteiger partial charge in [0.05, 0.1) is 244 Å². The maximum atomic E-state index is 13.2. The molecule has 0 saturated carbocycles. The van der Waals surface area contributed by atoms with Crippen LogP contribution in [0.4, 0.5) is 0 Å². The van der Waals surface area contributed by atoms with Crippen molar-refractivity contribution in [2.75, 3.05) is 284 Å². The monoisotopic (exact) mass is 1130 g/mol. The third-order valence-corrected chi connectivity index (χ3v) is 9.68. The molecule has 6 N–H and O–H groups in total. The first-order chi connectivity index (χ1) is 38.5. The van der Waals surface area contributed by atoms with Gasteiger partial charge in [-0.05, 0) is 5.53 Å². The molecule has 0 radical (unpaired) electrons. The quantitative estimate of drug-likeness (QED) is 0.0239. The number of nitrogens with zero attached hydrogens (tertiary/aromatic N) is 4. The predicted octanol–water partition coefficient (Wildman–Crippen LogP) is -1.26. The molecular formula is C49H98N8O21. The van der Waals surface area contributed by atoms with Crippen molar-refractivity contribution in [2.45, 2.75) is 19.3 Å². The maximum absolute atomic E-state index is 13.2. The van der Waals surface area contributed by atoms with Crippen molar-refractivity contribution in [2.24, 2.45) is 16.6 Å². The Morgan fingerprint density at radius 3 is 0.795 bits per heavy atom. The third-order valence-electron chi connectivity index (χ3n) is 9.68. The molecule has 0 heterocycles. The highest BCUT2D eigenvalue weighted by Crippen LogP contribution is 1.99. The van der Waals surface area contributed by atoms with Crippen LogP contribution in [-0.2, 0) is 99.6 Å². The van der Waals surface area contributed by atoms with Gasteiger partial charge in [-0.1, -0.05) is 5.11 Å². The Hall–Kier alpha value is -3.08. The van der Waals surface area contributed by atoms with E-state index >= 15 is 0 Å². The van der Waals surface area contributed by atoms with E-state index in [0.717, 1.165) is 0 Å². The molecule has 0 saturated heterocycles. The van der Waals surface area contributed by atoms with Crippen molar-refractivity contribution in [1.29, 1.82) is 0 Å². The van der Waals surface area contributed by atoms with Gasteiger partial charge in [-0.25, -0.2) is 0 Å². The standard InChI is InChI=1S/C49H98N8O21/c50-4-6-53-47(58)1-11-61-17-23-67-29-35-73-42-45-77-39-33-71-27-21-65-15-9-57(49(60)3-13-63-19-25-69-31-37-75-41-44-76-38-32-70-26-20-64-14-8-55-56-52)10-16-66-22-28-72-34-40-78-46-43-74-36-30-68-24-18-62-12-2-48(59)54-7-5-51/h1-46,50-51H2,(H,53,58)(H,54,59). The molecule has 0 aromatic heterocycles. The first kappa shape index (κ1) is 74.9. The molecule has 0 aromatic rings. The van der Waals surface area contributed by atoms with Crippen molar-refractivity contribution in [3.63, 3.8) is 0 Å². The van der Waals surface area contributed by atoms with E-state index in [2.05, 4.69) is 20.7 Å². The zero-order valence-electron chi connectivity index (χ0n) is 46.5. The second kappa shape index (κ2) is 66.4. The smallest absolute Gasteiger partial charge is 0.225 e. The zero-order valence-corrected chi connectivity index (χ0v) is 46.5. The highest BCUT2D eigenvalue weighted by atomic mass is 16.6. The lowest BCUT2D eigenvalue weighted by Gasteiger charge is -2.23. The van der Waals surface area contributed by atoms with Crippen molar-refractivity contribution in [1.82, 2.24) is 15.5 Å². The number of ether oxygens (including phenoxy) is 18. The summed E-state index contributed by atoms with van der Waals surface area (Å²) in [7, 11) is 0. The molecule has 0 fully saturated rings. The number of nitrogens with two attached hydrogens (primary N) is 2. The number of nitrogens with one attached hydrogen (secondary N) is 2. The third kappa shape index (κ3) is 62.1. The van der Waals surface area contributed by atoms with Crippen LogP contribution < -0.4 is 22.1 Å². The Bertz CT molecular complexity index is 1270. The molecule has 0 atom stereocenters. The molecule has 78 heavy (non-hydrogen) atoms. The fourth-order valence-electron chi connectivity index (χ4n) is 5.71. The van der Waals surface area contributed by atoms with Gasteiger partial charge >= 0.3 is 0 Å². The Kier molecular flexibility index (Phi) is 63.8. The molecule has 0 aromatic carbocycles. The molecule has 0 aliphatic carbocycles. The van der Waals surface area contributed by atoms with E-state index in [0.29, 0.717) is 277 Å². The molecule has 0 aliphatic rings. The van der Waals surface area contributed by atoms with E-state index in [4.69, 9.17) is 102 Å². The molecule has 0 aliphatic heterocycles. The SMILES string of the molecule is [N-]=[N+]=NCCOCCOCCOCCOCCOCCOCCC(=O)N(CCOCCOCCOCCOCCOCCOCCC(=O)NCCN)CCOCCOCCOCCOCCOCCOCCC(=O)NCCN. The van der Waals surface area contributed by atoms with Crippen LogP contribution in [0.25, 0.3) is 10.4 Å². The number of hydrogen-bond donors (Lipinski definition) is 4. The van der Waals surface area contributed by atoms with Crippen LogP contribution in [0.3, 0.4) is 0 Å². The largest absolute Gasteiger partial charge is 0.379 e. The van der Waals surface area contributed by atoms with Gasteiger partial charge in [-0.15, -0.1) is 0 Å². The summed E-state index contributed by atoms with van der Waals surface area (Å²) in [5, 5.41) is 8.75. The van der Waals surface area contributed by atoms with Gasteiger partial charge in [0, 0.05) is 63.6 Å². The van der Waals surface area contributed by atoms with Gasteiger partial charge in [0.15, 0.2) is 0 Å². The Balaban J connectivity index is 4.12. The van der Waals surface area contributed by atoms with E-state index in [9.17, 15) is 14.4 Å². The number of carbonyl (C=O) groups is 3. The van der Waals surface area contributed by atoms with Crippen LogP contribution in [0.1, 0.15) is 19.3 Å². The summed E-state index contributed by atoms with van der Waals surface area (Å²) in [5.41, 5.74) is 18.9. The lowest BCUT2D eigenvalue weighted by molar-refractivity contribution is -0.134. The van der Waals surface area contributed by atoms with Gasteiger partial charge < -0.3 is 112 Å². The molecule has 0 unspecified atom stereocenters.